The summed E-state index contributed by atoms with van der Waals surface area (Å²) in [6.07, 6.45) is 5.77. The van der Waals surface area contributed by atoms with Gasteiger partial charge in [0.2, 0.25) is 3.57 Å². The van der Waals surface area contributed by atoms with Crippen LogP contribution in [0, 0.1) is 41.5 Å². The van der Waals surface area contributed by atoms with Crippen LogP contribution in [-0.4, -0.2) is 12.1 Å². The highest BCUT2D eigenvalue weighted by atomic mass is 127. The summed E-state index contributed by atoms with van der Waals surface area (Å²) in [5.74, 6) is 0.765. The van der Waals surface area contributed by atoms with Crippen LogP contribution in [0.15, 0.2) is 286 Å². The van der Waals surface area contributed by atoms with Gasteiger partial charge in [-0.1, -0.05) is 188 Å². The standard InChI is InChI=1S/C20H26I.C16H14I.C15H11IN.C13H12IO.C12H9FI/c1-19(2,3)15-7-11-17(12-8-15)21-18-13-9-16(10-14-18)20(4,5)6;1-3-13-5-9-15(10-6-13)17-16-11-7-14(4-2)8-12-16;1-2-7-13(8-3-1)16-14-10-12-6-4-5-9-15(12)17-11-14;1-15-13-9-7-12(8-10-13)14-11-5-3-2-4-6-11;13-10-6-8-12(9-7-10)14-11-4-2-1-3-5-11/h7-14H,1-6H3;3-12H,1-2H2;1-11H;2-10H,1H3;1-9H/q5*+1. The first-order chi connectivity index (χ1) is 40.6. The Morgan fingerprint density at radius 1 is 0.357 bits per heavy atom. The minimum Gasteiger partial charge on any atom is -0.497 e. The first-order valence-electron chi connectivity index (χ1n) is 27.4. The summed E-state index contributed by atoms with van der Waals surface area (Å²) in [5.41, 5.74) is 6.75. The van der Waals surface area contributed by atoms with Crippen LogP contribution in [0.1, 0.15) is 63.8 Å². The highest BCUT2D eigenvalue weighted by Crippen LogP contribution is 2.22. The Hall–Kier alpha value is -5.53. The van der Waals surface area contributed by atoms with Crippen molar-refractivity contribution in [3.8, 4) is 5.75 Å². The summed E-state index contributed by atoms with van der Waals surface area (Å²) in [5, 5.41) is 1.24. The Balaban J connectivity index is 0.000000152. The molecule has 11 rings (SSSR count). The first kappa shape index (κ1) is 66.0. The molecule has 2 nitrogen and oxygen atoms in total. The summed E-state index contributed by atoms with van der Waals surface area (Å²) in [6.45, 7) is 21.1. The Bertz CT molecular complexity index is 3570. The van der Waals surface area contributed by atoms with Crippen LogP contribution in [-0.2, 0) is 10.8 Å². The van der Waals surface area contributed by atoms with Crippen LogP contribution < -0.4 is 111 Å². The van der Waals surface area contributed by atoms with E-state index in [0.717, 1.165) is 11.3 Å². The Kier molecular flexibility index (Phi) is 27.2. The van der Waals surface area contributed by atoms with Gasteiger partial charge in [0.25, 0.3) is 0 Å². The van der Waals surface area contributed by atoms with Gasteiger partial charge in [0.1, 0.15) is 11.6 Å². The number of benzene rings is 10. The highest BCUT2D eigenvalue weighted by Gasteiger charge is 2.22. The number of pyridine rings is 1. The summed E-state index contributed by atoms with van der Waals surface area (Å²) >= 11 is -0.451. The normalized spacial score (nSPS) is 10.7. The first-order valence-corrected chi connectivity index (χ1v) is 38.2. The number of ether oxygens (including phenoxy) is 1. The molecular weight excluding hydrogens is 1600 g/mol. The van der Waals surface area contributed by atoms with E-state index in [9.17, 15) is 4.39 Å². The van der Waals surface area contributed by atoms with Crippen molar-refractivity contribution in [1.82, 2.24) is 4.98 Å². The molecule has 8 heteroatoms. The van der Waals surface area contributed by atoms with Crippen LogP contribution in [0.3, 0.4) is 0 Å². The number of aromatic nitrogens is 1. The number of nitrogens with zero attached hydrogens (tertiary/aromatic N) is 1. The minimum absolute atomic E-state index is 0.0449. The molecule has 1 heterocycles. The zero-order valence-electron chi connectivity index (χ0n) is 48.7. The van der Waals surface area contributed by atoms with Crippen molar-refractivity contribution in [2.75, 3.05) is 7.11 Å². The molecule has 0 aliphatic heterocycles. The maximum absolute atomic E-state index is 12.6. The van der Waals surface area contributed by atoms with Gasteiger partial charge < -0.3 is 4.74 Å². The fraction of sp³-hybridized carbons (Fsp3) is 0.118. The second-order valence-electron chi connectivity index (χ2n) is 20.8. The van der Waals surface area contributed by atoms with Crippen molar-refractivity contribution < 1.29 is 115 Å². The second kappa shape index (κ2) is 34.6. The van der Waals surface area contributed by atoms with Crippen molar-refractivity contribution >= 4 is 23.1 Å². The van der Waals surface area contributed by atoms with Gasteiger partial charge in [-0.15, -0.1) is 0 Å². The van der Waals surface area contributed by atoms with Crippen molar-refractivity contribution in [3.63, 3.8) is 0 Å². The lowest BCUT2D eigenvalue weighted by atomic mass is 9.87. The molecule has 0 aliphatic rings. The fourth-order valence-corrected chi connectivity index (χ4v) is 18.6. The maximum Gasteiger partial charge on any atom is 0.359 e. The van der Waals surface area contributed by atoms with Crippen LogP contribution in [0.2, 0.25) is 0 Å². The largest absolute Gasteiger partial charge is 0.497 e. The molecule has 0 saturated carbocycles. The van der Waals surface area contributed by atoms with Crippen LogP contribution in [0.5, 0.6) is 5.75 Å². The zero-order valence-corrected chi connectivity index (χ0v) is 59.5. The SMILES string of the molecule is C=Cc1ccc([I+]c2ccc(C=C)cc2)cc1.CC(C)(C)c1ccc([I+]c2ccc(C(C)(C)C)cc2)cc1.COc1ccc([I+]c2ccccc2)cc1.Fc1ccc([I+]c2ccccc2)cc1.c1ccc([I+]c2cnc3ccccc3c2)cc1. The number of hydrogen-bond acceptors (Lipinski definition) is 2. The number of hydrogen-bond donors (Lipinski definition) is 0. The lowest BCUT2D eigenvalue weighted by Crippen LogP contribution is -3.61. The molecule has 0 bridgehead atoms. The molecule has 1 aromatic heterocycles. The van der Waals surface area contributed by atoms with E-state index in [0.29, 0.717) is 0 Å². The third-order valence-corrected chi connectivity index (χ3v) is 25.6. The van der Waals surface area contributed by atoms with Gasteiger partial charge in [-0.3, -0.25) is 4.98 Å². The maximum atomic E-state index is 12.6. The van der Waals surface area contributed by atoms with E-state index < -0.39 is 0 Å². The summed E-state index contributed by atoms with van der Waals surface area (Å²) in [7, 11) is 1.70. The molecule has 0 radical (unpaired) electrons. The Morgan fingerprint density at radius 3 is 1.00 bits per heavy atom. The monoisotopic (exact) mass is 1670 g/mol. The highest BCUT2D eigenvalue weighted by molar-refractivity contribution is 5.77. The smallest absolute Gasteiger partial charge is 0.359 e. The van der Waals surface area contributed by atoms with Crippen LogP contribution in [0.25, 0.3) is 23.1 Å². The molecule has 0 spiro atoms. The van der Waals surface area contributed by atoms with Gasteiger partial charge in [0, 0.05) is 11.5 Å². The lowest BCUT2D eigenvalue weighted by Gasteiger charge is -2.18. The van der Waals surface area contributed by atoms with Crippen LogP contribution >= 0.6 is 0 Å². The number of methoxy groups -OCH3 is 1. The van der Waals surface area contributed by atoms with Gasteiger partial charge in [0.15, 0.2) is 32.1 Å². The predicted octanol–water partition coefficient (Wildman–Crippen LogP) is 3.65. The van der Waals surface area contributed by atoms with Gasteiger partial charge in [-0.2, -0.15) is 0 Å². The second-order valence-corrected chi connectivity index (χ2v) is 36.0. The van der Waals surface area contributed by atoms with E-state index >= 15 is 0 Å². The lowest BCUT2D eigenvalue weighted by molar-refractivity contribution is -0.598. The average Bonchev–Trinajstić information content (AvgIpc) is 3.73. The summed E-state index contributed by atoms with van der Waals surface area (Å²) < 4.78 is 31.9. The molecule has 10 aromatic carbocycles. The topological polar surface area (TPSA) is 22.1 Å². The number of halogens is 6. The molecule has 0 aliphatic carbocycles. The fourth-order valence-electron chi connectivity index (χ4n) is 7.63. The van der Waals surface area contributed by atoms with E-state index in [1.807, 2.05) is 66.9 Å². The molecule has 0 fully saturated rings. The van der Waals surface area contributed by atoms with E-state index in [1.54, 1.807) is 7.11 Å². The number of rotatable bonds is 13. The molecule has 84 heavy (non-hydrogen) atoms. The summed E-state index contributed by atoms with van der Waals surface area (Å²) in [6, 6.07) is 93.0. The van der Waals surface area contributed by atoms with E-state index in [1.165, 1.54) is 75.5 Å². The molecule has 0 saturated heterocycles. The molecule has 424 valence electrons. The van der Waals surface area contributed by atoms with Crippen molar-refractivity contribution in [3.05, 3.63) is 350 Å². The molecule has 0 atom stereocenters. The van der Waals surface area contributed by atoms with Gasteiger partial charge >= 0.3 is 106 Å². The third-order valence-electron chi connectivity index (χ3n) is 12.3. The van der Waals surface area contributed by atoms with Gasteiger partial charge in [0.05, 0.1) is 18.8 Å². The van der Waals surface area contributed by atoms with E-state index in [-0.39, 0.29) is 123 Å². The molecule has 0 N–H and O–H groups in total. The Morgan fingerprint density at radius 2 is 0.655 bits per heavy atom. The average molecular weight is 1670 g/mol. The molecule has 0 amide bonds. The van der Waals surface area contributed by atoms with Crippen molar-refractivity contribution in [2.24, 2.45) is 0 Å². The quantitative estimate of drug-likeness (QED) is 0.165. The van der Waals surface area contributed by atoms with Gasteiger partial charge in [-0.25, -0.2) is 4.39 Å². The Labute approximate surface area is 551 Å². The van der Waals surface area contributed by atoms with E-state index in [4.69, 9.17) is 4.74 Å². The molecule has 11 aromatic rings. The summed E-state index contributed by atoms with van der Waals surface area (Å²) in [4.78, 5) is 4.50. The van der Waals surface area contributed by atoms with Crippen molar-refractivity contribution in [2.45, 2.75) is 52.4 Å². The van der Waals surface area contributed by atoms with Gasteiger partial charge in [-0.05, 0) is 173 Å². The number of para-hydroxylation sites is 1. The molecular formula is C76H72FI5NO+5. The van der Waals surface area contributed by atoms with E-state index in [2.05, 4.69) is 266 Å². The predicted molar refractivity (Wildman–Crippen MR) is 331 cm³/mol. The minimum atomic E-state index is -0.161. The number of fused-ring (bicyclic) bond motifs is 1. The van der Waals surface area contributed by atoms with Crippen LogP contribution in [0.4, 0.5) is 4.39 Å². The zero-order chi connectivity index (χ0) is 59.6. The van der Waals surface area contributed by atoms with Crippen molar-refractivity contribution in [1.29, 1.82) is 0 Å². The third kappa shape index (κ3) is 23.4. The molecule has 0 unspecified atom stereocenters.